The number of carbonyl (C=O) groups excluding carboxylic acids is 4. The maximum absolute atomic E-state index is 14.3. The second-order valence-corrected chi connectivity index (χ2v) is 9.51. The fraction of sp³-hybridized carbons (Fsp3) is 0.238. The van der Waals surface area contributed by atoms with E-state index in [0.29, 0.717) is 17.0 Å². The minimum absolute atomic E-state index is 0.0283. The summed E-state index contributed by atoms with van der Waals surface area (Å²) in [5.74, 6) is -6.90. The van der Waals surface area contributed by atoms with Gasteiger partial charge in [-0.05, 0) is 24.6 Å². The van der Waals surface area contributed by atoms with Crippen molar-refractivity contribution >= 4 is 39.2 Å². The van der Waals surface area contributed by atoms with Gasteiger partial charge in [0.2, 0.25) is 5.91 Å². The number of hydrogen-bond acceptors (Lipinski definition) is 7. The van der Waals surface area contributed by atoms with Crippen LogP contribution in [0.15, 0.2) is 36.4 Å². The van der Waals surface area contributed by atoms with E-state index in [-0.39, 0.29) is 11.1 Å². The summed E-state index contributed by atoms with van der Waals surface area (Å²) in [6, 6.07) is 5.22. The summed E-state index contributed by atoms with van der Waals surface area (Å²) in [5, 5.41) is 2.11. The second-order valence-electron chi connectivity index (χ2n) is 7.25. The lowest BCUT2D eigenvalue weighted by molar-refractivity contribution is -0.120. The quantitative estimate of drug-likeness (QED) is 0.473. The molecule has 2 aromatic carbocycles. The van der Waals surface area contributed by atoms with Gasteiger partial charge in [0, 0.05) is 12.3 Å². The molecule has 0 saturated heterocycles. The molecule has 0 aromatic heterocycles. The number of carbonyl (C=O) groups is 4. The van der Waals surface area contributed by atoms with Gasteiger partial charge in [-0.25, -0.2) is 22.0 Å². The predicted octanol–water partition coefficient (Wildman–Crippen LogP) is 1.79. The van der Waals surface area contributed by atoms with Crippen molar-refractivity contribution in [2.45, 2.75) is 12.5 Å². The highest BCUT2D eigenvalue weighted by atomic mass is 32.2. The van der Waals surface area contributed by atoms with Crippen LogP contribution in [0.1, 0.15) is 37.5 Å². The molecule has 2 aromatic rings. The van der Waals surface area contributed by atoms with E-state index in [4.69, 9.17) is 0 Å². The molecule has 33 heavy (non-hydrogen) atoms. The van der Waals surface area contributed by atoms with Crippen LogP contribution in [0.4, 0.5) is 14.5 Å². The van der Waals surface area contributed by atoms with Gasteiger partial charge in [-0.2, -0.15) is 0 Å². The molecule has 0 radical (unpaired) electrons. The van der Waals surface area contributed by atoms with Crippen LogP contribution in [0.3, 0.4) is 0 Å². The number of nitrogens with one attached hydrogen (secondary N) is 1. The number of amides is 3. The number of methoxy groups -OCH3 is 1. The molecule has 0 fully saturated rings. The number of hydrogen-bond donors (Lipinski definition) is 1. The monoisotopic (exact) mass is 480 g/mol. The molecule has 3 rings (SSSR count). The minimum atomic E-state index is -3.61. The van der Waals surface area contributed by atoms with Crippen molar-refractivity contribution in [2.24, 2.45) is 0 Å². The highest BCUT2D eigenvalue weighted by Crippen LogP contribution is 2.27. The molecule has 1 unspecified atom stereocenters. The van der Waals surface area contributed by atoms with Crippen molar-refractivity contribution in [2.75, 3.05) is 24.4 Å². The van der Waals surface area contributed by atoms with Gasteiger partial charge >= 0.3 is 5.97 Å². The summed E-state index contributed by atoms with van der Waals surface area (Å²) in [4.78, 5) is 50.9. The Bertz CT molecular complexity index is 1240. The number of ether oxygens (including phenoxy) is 1. The first-order valence-electron chi connectivity index (χ1n) is 9.47. The van der Waals surface area contributed by atoms with E-state index in [1.54, 1.807) is 0 Å². The first-order chi connectivity index (χ1) is 15.4. The third kappa shape index (κ3) is 4.90. The van der Waals surface area contributed by atoms with E-state index in [9.17, 15) is 36.4 Å². The maximum Gasteiger partial charge on any atom is 0.340 e. The van der Waals surface area contributed by atoms with Crippen molar-refractivity contribution < 1.29 is 41.1 Å². The summed E-state index contributed by atoms with van der Waals surface area (Å²) >= 11 is 0. The Morgan fingerprint density at radius 3 is 2.15 bits per heavy atom. The third-order valence-corrected chi connectivity index (χ3v) is 5.90. The van der Waals surface area contributed by atoms with Crippen LogP contribution >= 0.6 is 0 Å². The number of rotatable bonds is 7. The number of imide groups is 1. The van der Waals surface area contributed by atoms with Crippen LogP contribution < -0.4 is 5.32 Å². The summed E-state index contributed by atoms with van der Waals surface area (Å²) in [6.45, 7) is 0. The lowest BCUT2D eigenvalue weighted by Crippen LogP contribution is -2.48. The van der Waals surface area contributed by atoms with Gasteiger partial charge in [-0.1, -0.05) is 12.1 Å². The van der Waals surface area contributed by atoms with Crippen molar-refractivity contribution in [3.8, 4) is 0 Å². The zero-order chi connectivity index (χ0) is 24.5. The maximum atomic E-state index is 14.3. The normalized spacial score (nSPS) is 14.1. The molecule has 0 spiro atoms. The first kappa shape index (κ1) is 24.0. The SMILES string of the molecule is COC(=O)c1cc(NC(=O)C(CCS(C)(=O)=O)N2C(=O)c3ccccc3C2=O)c(F)cc1F. The molecule has 174 valence electrons. The van der Waals surface area contributed by atoms with Gasteiger partial charge in [-0.3, -0.25) is 19.3 Å². The van der Waals surface area contributed by atoms with Gasteiger partial charge in [0.1, 0.15) is 27.5 Å². The molecule has 0 aliphatic carbocycles. The number of benzene rings is 2. The summed E-state index contributed by atoms with van der Waals surface area (Å²) in [5.41, 5.74) is -1.23. The Morgan fingerprint density at radius 1 is 1.06 bits per heavy atom. The number of halogens is 2. The smallest absolute Gasteiger partial charge is 0.340 e. The topological polar surface area (TPSA) is 127 Å². The molecule has 9 nitrogen and oxygen atoms in total. The highest BCUT2D eigenvalue weighted by Gasteiger charge is 2.43. The van der Waals surface area contributed by atoms with Crippen molar-refractivity contribution in [3.05, 3.63) is 64.7 Å². The number of nitrogens with zero attached hydrogens (tertiary/aromatic N) is 1. The predicted molar refractivity (Wildman–Crippen MR) is 111 cm³/mol. The van der Waals surface area contributed by atoms with E-state index < -0.39 is 74.6 Å². The summed E-state index contributed by atoms with van der Waals surface area (Å²) in [6.07, 6.45) is 0.440. The number of anilines is 1. The van der Waals surface area contributed by atoms with E-state index >= 15 is 0 Å². The molecule has 1 heterocycles. The standard InChI is InChI=1S/C21H18F2N2O7S/c1-32-21(29)13-9-16(15(23)10-14(13)22)24-18(26)17(7-8-33(2,30)31)25-19(27)11-5-3-4-6-12(11)20(25)28/h3-6,9-10,17H,7-8H2,1-2H3,(H,24,26). The molecule has 1 atom stereocenters. The van der Waals surface area contributed by atoms with Gasteiger partial charge in [-0.15, -0.1) is 0 Å². The Hall–Kier alpha value is -3.67. The van der Waals surface area contributed by atoms with E-state index in [1.165, 1.54) is 24.3 Å². The Labute approximate surface area is 187 Å². The molecule has 0 saturated carbocycles. The molecule has 1 aliphatic heterocycles. The molecule has 3 amide bonds. The lowest BCUT2D eigenvalue weighted by Gasteiger charge is -2.25. The van der Waals surface area contributed by atoms with Gasteiger partial charge < -0.3 is 10.1 Å². The number of fused-ring (bicyclic) bond motifs is 1. The average molecular weight is 480 g/mol. The molecule has 0 bridgehead atoms. The summed E-state index contributed by atoms with van der Waals surface area (Å²) < 4.78 is 56.0. The Morgan fingerprint density at radius 2 is 1.64 bits per heavy atom. The number of sulfone groups is 1. The minimum Gasteiger partial charge on any atom is -0.465 e. The molecule has 1 N–H and O–H groups in total. The zero-order valence-corrected chi connectivity index (χ0v) is 18.2. The molecule has 12 heteroatoms. The van der Waals surface area contributed by atoms with Crippen molar-refractivity contribution in [1.82, 2.24) is 4.90 Å². The number of esters is 1. The van der Waals surface area contributed by atoms with Crippen LogP contribution in [0, 0.1) is 11.6 Å². The van der Waals surface area contributed by atoms with Crippen LogP contribution in [0.2, 0.25) is 0 Å². The molecular formula is C21H18F2N2O7S. The van der Waals surface area contributed by atoms with Crippen LogP contribution in [-0.4, -0.2) is 62.2 Å². The Balaban J connectivity index is 1.97. The largest absolute Gasteiger partial charge is 0.465 e. The first-order valence-corrected chi connectivity index (χ1v) is 11.5. The van der Waals surface area contributed by atoms with E-state index in [0.717, 1.165) is 13.4 Å². The molecule has 1 aliphatic rings. The summed E-state index contributed by atoms with van der Waals surface area (Å²) in [7, 11) is -2.63. The van der Waals surface area contributed by atoms with Crippen LogP contribution in [-0.2, 0) is 19.4 Å². The van der Waals surface area contributed by atoms with Crippen LogP contribution in [0.5, 0.6) is 0 Å². The molecular weight excluding hydrogens is 462 g/mol. The van der Waals surface area contributed by atoms with E-state index in [2.05, 4.69) is 10.1 Å². The van der Waals surface area contributed by atoms with Gasteiger partial charge in [0.15, 0.2) is 0 Å². The zero-order valence-electron chi connectivity index (χ0n) is 17.4. The van der Waals surface area contributed by atoms with Crippen molar-refractivity contribution in [1.29, 1.82) is 0 Å². The third-order valence-electron chi connectivity index (χ3n) is 4.92. The fourth-order valence-electron chi connectivity index (χ4n) is 3.32. The van der Waals surface area contributed by atoms with Gasteiger partial charge in [0.05, 0.1) is 35.2 Å². The second kappa shape index (κ2) is 9.06. The average Bonchev–Trinajstić information content (AvgIpc) is 3.00. The van der Waals surface area contributed by atoms with E-state index in [1.807, 2.05) is 0 Å². The van der Waals surface area contributed by atoms with Crippen LogP contribution in [0.25, 0.3) is 0 Å². The fourth-order valence-corrected chi connectivity index (χ4v) is 3.97. The highest BCUT2D eigenvalue weighted by molar-refractivity contribution is 7.90. The lowest BCUT2D eigenvalue weighted by atomic mass is 10.1. The van der Waals surface area contributed by atoms with Crippen molar-refractivity contribution in [3.63, 3.8) is 0 Å². The Kier molecular flexibility index (Phi) is 6.58. The van der Waals surface area contributed by atoms with Gasteiger partial charge in [0.25, 0.3) is 11.8 Å².